The van der Waals surface area contributed by atoms with Gasteiger partial charge in [0.15, 0.2) is 6.54 Å². The van der Waals surface area contributed by atoms with Crippen LogP contribution in [0.2, 0.25) is 0 Å². The minimum Gasteiger partial charge on any atom is -0.322 e. The summed E-state index contributed by atoms with van der Waals surface area (Å²) in [7, 11) is 0. The normalized spacial score (nSPS) is 19.5. The van der Waals surface area contributed by atoms with Gasteiger partial charge >= 0.3 is 6.18 Å². The molecule has 0 spiro atoms. The zero-order valence-corrected chi connectivity index (χ0v) is 17.7. The molecule has 1 aliphatic rings. The smallest absolute Gasteiger partial charge is 0.322 e. The molecule has 1 fully saturated rings. The van der Waals surface area contributed by atoms with Crippen LogP contribution in [0.25, 0.3) is 0 Å². The number of amides is 1. The number of alkyl halides is 3. The van der Waals surface area contributed by atoms with Gasteiger partial charge in [-0.05, 0) is 44.0 Å². The predicted octanol–water partition coefficient (Wildman–Crippen LogP) is 1.55. The lowest BCUT2D eigenvalue weighted by Gasteiger charge is -2.29. The molecule has 0 aliphatic carbocycles. The molecule has 30 heavy (non-hydrogen) atoms. The average Bonchev–Trinajstić information content (AvgIpc) is 2.66. The first-order chi connectivity index (χ1) is 14.1. The molecule has 3 rings (SSSR count). The summed E-state index contributed by atoms with van der Waals surface area (Å²) in [6, 6.07) is 9.69. The first kappa shape index (κ1) is 22.3. The first-order valence-electron chi connectivity index (χ1n) is 10.3. The third kappa shape index (κ3) is 5.83. The third-order valence-electron chi connectivity index (χ3n) is 5.72. The van der Waals surface area contributed by atoms with Crippen LogP contribution in [0.4, 0.5) is 18.9 Å². The fourth-order valence-electron chi connectivity index (χ4n) is 4.24. The van der Waals surface area contributed by atoms with Crippen LogP contribution in [0, 0.1) is 20.8 Å². The fraction of sp³-hybridized carbons (Fsp3) is 0.435. The number of rotatable bonds is 5. The van der Waals surface area contributed by atoms with Crippen molar-refractivity contribution in [3.05, 3.63) is 64.2 Å². The molecule has 2 aromatic rings. The zero-order valence-electron chi connectivity index (χ0n) is 17.7. The van der Waals surface area contributed by atoms with Gasteiger partial charge in [0, 0.05) is 11.3 Å². The number of quaternary nitrogens is 2. The van der Waals surface area contributed by atoms with Gasteiger partial charge in [-0.1, -0.05) is 29.8 Å². The van der Waals surface area contributed by atoms with Gasteiger partial charge in [-0.3, -0.25) is 4.79 Å². The Hall–Kier alpha value is -2.38. The van der Waals surface area contributed by atoms with E-state index in [0.717, 1.165) is 49.1 Å². The number of benzene rings is 2. The largest absolute Gasteiger partial charge is 0.416 e. The highest BCUT2D eigenvalue weighted by molar-refractivity contribution is 5.93. The summed E-state index contributed by atoms with van der Waals surface area (Å²) in [6.07, 6.45) is -4.31. The first-order valence-corrected chi connectivity index (χ1v) is 10.3. The van der Waals surface area contributed by atoms with Crippen LogP contribution >= 0.6 is 0 Å². The summed E-state index contributed by atoms with van der Waals surface area (Å²) < 4.78 is 38.7. The Balaban J connectivity index is 1.50. The number of carbonyl (C=O) groups is 1. The van der Waals surface area contributed by atoms with Gasteiger partial charge in [0.1, 0.15) is 32.7 Å². The lowest BCUT2D eigenvalue weighted by Crippen LogP contribution is -3.28. The van der Waals surface area contributed by atoms with Crippen molar-refractivity contribution < 1.29 is 27.8 Å². The van der Waals surface area contributed by atoms with Crippen molar-refractivity contribution in [2.24, 2.45) is 0 Å². The third-order valence-corrected chi connectivity index (χ3v) is 5.72. The van der Waals surface area contributed by atoms with E-state index in [1.54, 1.807) is 6.07 Å². The minimum absolute atomic E-state index is 0.00128. The molecule has 0 unspecified atom stereocenters. The van der Waals surface area contributed by atoms with Crippen molar-refractivity contribution in [2.45, 2.75) is 33.5 Å². The molecular formula is C23H30F3N3O+2. The Labute approximate surface area is 175 Å². The van der Waals surface area contributed by atoms with Crippen LogP contribution in [0.3, 0.4) is 0 Å². The van der Waals surface area contributed by atoms with E-state index in [4.69, 9.17) is 0 Å². The second-order valence-corrected chi connectivity index (χ2v) is 8.37. The molecule has 2 aromatic carbocycles. The van der Waals surface area contributed by atoms with Crippen LogP contribution in [0.5, 0.6) is 0 Å². The second-order valence-electron chi connectivity index (χ2n) is 8.37. The average molecular weight is 422 g/mol. The molecule has 4 nitrogen and oxygen atoms in total. The summed E-state index contributed by atoms with van der Waals surface area (Å²) >= 11 is 0. The van der Waals surface area contributed by atoms with E-state index in [1.807, 2.05) is 20.8 Å². The molecule has 1 heterocycles. The summed E-state index contributed by atoms with van der Waals surface area (Å²) in [4.78, 5) is 15.0. The summed E-state index contributed by atoms with van der Waals surface area (Å²) in [5.74, 6) is 0.00128. The lowest BCUT2D eigenvalue weighted by molar-refractivity contribution is -1.02. The van der Waals surface area contributed by atoms with Gasteiger partial charge in [0.2, 0.25) is 0 Å². The van der Waals surface area contributed by atoms with E-state index < -0.39 is 11.7 Å². The molecule has 0 aromatic heterocycles. The van der Waals surface area contributed by atoms with E-state index in [1.165, 1.54) is 27.5 Å². The highest BCUT2D eigenvalue weighted by atomic mass is 19.4. The molecule has 0 radical (unpaired) electrons. The van der Waals surface area contributed by atoms with Crippen LogP contribution in [-0.2, 0) is 17.5 Å². The molecule has 0 saturated carbocycles. The Morgan fingerprint density at radius 2 is 1.57 bits per heavy atom. The van der Waals surface area contributed by atoms with E-state index in [0.29, 0.717) is 18.7 Å². The van der Waals surface area contributed by atoms with Crippen molar-refractivity contribution in [1.29, 1.82) is 0 Å². The molecule has 1 amide bonds. The maximum atomic E-state index is 12.9. The van der Waals surface area contributed by atoms with Crippen molar-refractivity contribution in [2.75, 3.05) is 38.0 Å². The molecule has 1 aliphatic heterocycles. The summed E-state index contributed by atoms with van der Waals surface area (Å²) in [6.45, 7) is 10.3. The maximum Gasteiger partial charge on any atom is 0.416 e. The number of nitrogens with one attached hydrogen (secondary N) is 3. The van der Waals surface area contributed by atoms with Crippen LogP contribution in [-0.4, -0.2) is 38.6 Å². The van der Waals surface area contributed by atoms with Gasteiger partial charge in [-0.25, -0.2) is 0 Å². The topological polar surface area (TPSA) is 38.0 Å². The number of hydrogen-bond donors (Lipinski definition) is 3. The molecular weight excluding hydrogens is 391 g/mol. The number of hydrogen-bond acceptors (Lipinski definition) is 1. The lowest BCUT2D eigenvalue weighted by atomic mass is 10.1. The van der Waals surface area contributed by atoms with Gasteiger partial charge in [0.25, 0.3) is 5.91 Å². The van der Waals surface area contributed by atoms with Crippen molar-refractivity contribution in [1.82, 2.24) is 0 Å². The number of carbonyl (C=O) groups excluding carboxylic acids is 1. The summed E-state index contributed by atoms with van der Waals surface area (Å²) in [5, 5.41) is 3.05. The van der Waals surface area contributed by atoms with Gasteiger partial charge in [0.05, 0.1) is 5.56 Å². The Morgan fingerprint density at radius 1 is 0.967 bits per heavy atom. The quantitative estimate of drug-likeness (QED) is 0.674. The van der Waals surface area contributed by atoms with Gasteiger partial charge in [-0.15, -0.1) is 0 Å². The summed E-state index contributed by atoms with van der Waals surface area (Å²) in [5.41, 5.74) is 4.29. The van der Waals surface area contributed by atoms with Crippen LogP contribution in [0.15, 0.2) is 36.4 Å². The van der Waals surface area contributed by atoms with Crippen LogP contribution < -0.4 is 15.1 Å². The molecule has 3 N–H and O–H groups in total. The number of anilines is 1. The predicted molar refractivity (Wildman–Crippen MR) is 111 cm³/mol. The fourth-order valence-corrected chi connectivity index (χ4v) is 4.24. The Bertz CT molecular complexity index is 880. The molecule has 1 saturated heterocycles. The number of aryl methyl sites for hydroxylation is 3. The van der Waals surface area contributed by atoms with E-state index in [9.17, 15) is 18.0 Å². The SMILES string of the molecule is Cc1cc(C)c(NC(=O)C[NH+]2CC[NH+](Cc3cccc(C(F)(F)F)c3)CC2)c(C)c1. The van der Waals surface area contributed by atoms with E-state index in [2.05, 4.69) is 17.4 Å². The van der Waals surface area contributed by atoms with E-state index in [-0.39, 0.29) is 5.91 Å². The maximum absolute atomic E-state index is 12.9. The Kier molecular flexibility index (Phi) is 6.83. The van der Waals surface area contributed by atoms with Gasteiger partial charge in [-0.2, -0.15) is 13.2 Å². The van der Waals surface area contributed by atoms with Crippen LogP contribution in [0.1, 0.15) is 27.8 Å². The van der Waals surface area contributed by atoms with Crippen molar-refractivity contribution >= 4 is 11.6 Å². The van der Waals surface area contributed by atoms with E-state index >= 15 is 0 Å². The standard InChI is InChI=1S/C23H28F3N3O/c1-16-11-17(2)22(18(3)12-16)27-21(30)15-29-9-7-28(8-10-29)14-19-5-4-6-20(13-19)23(24,25)26/h4-6,11-13H,7-10,14-15H2,1-3H3,(H,27,30)/p+2. The molecule has 0 bridgehead atoms. The monoisotopic (exact) mass is 421 g/mol. The highest BCUT2D eigenvalue weighted by Gasteiger charge is 2.31. The zero-order chi connectivity index (χ0) is 21.9. The molecule has 7 heteroatoms. The molecule has 162 valence electrons. The minimum atomic E-state index is -4.31. The highest BCUT2D eigenvalue weighted by Crippen LogP contribution is 2.29. The number of piperazine rings is 1. The van der Waals surface area contributed by atoms with Crippen molar-refractivity contribution in [3.8, 4) is 0 Å². The second kappa shape index (κ2) is 9.18. The van der Waals surface area contributed by atoms with Gasteiger partial charge < -0.3 is 15.1 Å². The van der Waals surface area contributed by atoms with Crippen molar-refractivity contribution in [3.63, 3.8) is 0 Å². The Morgan fingerprint density at radius 3 is 2.17 bits per heavy atom. The molecule has 0 atom stereocenters. The number of halogens is 3.